The fraction of sp³-hybridized carbons (Fsp3) is 0.882. The van der Waals surface area contributed by atoms with Crippen molar-refractivity contribution in [2.75, 3.05) is 67.0 Å². The molecule has 0 aromatic heterocycles. The van der Waals surface area contributed by atoms with Crippen LogP contribution in [0.1, 0.15) is 19.3 Å². The number of halogens is 1. The number of hydrogen-bond acceptors (Lipinski definition) is 4. The summed E-state index contributed by atoms with van der Waals surface area (Å²) in [6.07, 6.45) is 2.92. The summed E-state index contributed by atoms with van der Waals surface area (Å²) >= 11 is 0. The number of piperazine rings is 1. The van der Waals surface area contributed by atoms with Crippen LogP contribution in [0.15, 0.2) is 4.99 Å². The Morgan fingerprint density at radius 2 is 2.16 bits per heavy atom. The van der Waals surface area contributed by atoms with Gasteiger partial charge < -0.3 is 20.4 Å². The van der Waals surface area contributed by atoms with E-state index in [0.29, 0.717) is 12.5 Å². The summed E-state index contributed by atoms with van der Waals surface area (Å²) in [7, 11) is 6.25. The van der Waals surface area contributed by atoms with E-state index in [9.17, 15) is 4.79 Å². The molecule has 144 valence electrons. The van der Waals surface area contributed by atoms with Crippen LogP contribution in [0.3, 0.4) is 0 Å². The lowest BCUT2D eigenvalue weighted by Crippen LogP contribution is -2.57. The van der Waals surface area contributed by atoms with Crippen molar-refractivity contribution in [3.05, 3.63) is 0 Å². The topological polar surface area (TPSA) is 63.2 Å². The number of piperidine rings is 1. The Balaban J connectivity index is 0.00000225. The molecular formula is C17H33IN6O. The summed E-state index contributed by atoms with van der Waals surface area (Å²) < 4.78 is 0. The van der Waals surface area contributed by atoms with Gasteiger partial charge in [-0.1, -0.05) is 0 Å². The fourth-order valence-corrected chi connectivity index (χ4v) is 4.29. The molecular weight excluding hydrogens is 431 g/mol. The van der Waals surface area contributed by atoms with Gasteiger partial charge in [-0.25, -0.2) is 0 Å². The molecule has 7 nitrogen and oxygen atoms in total. The highest BCUT2D eigenvalue weighted by atomic mass is 127. The highest BCUT2D eigenvalue weighted by molar-refractivity contribution is 14.0. The van der Waals surface area contributed by atoms with Crippen LogP contribution in [-0.2, 0) is 4.79 Å². The average molecular weight is 464 g/mol. The molecule has 2 atom stereocenters. The van der Waals surface area contributed by atoms with Crippen molar-refractivity contribution in [2.45, 2.75) is 25.3 Å². The summed E-state index contributed by atoms with van der Waals surface area (Å²) in [4.78, 5) is 23.3. The van der Waals surface area contributed by atoms with Crippen LogP contribution in [0.5, 0.6) is 0 Å². The van der Waals surface area contributed by atoms with Crippen LogP contribution < -0.4 is 10.6 Å². The molecule has 3 heterocycles. The molecule has 25 heavy (non-hydrogen) atoms. The van der Waals surface area contributed by atoms with E-state index >= 15 is 0 Å². The quantitative estimate of drug-likeness (QED) is 0.343. The number of rotatable bonds is 2. The molecule has 1 amide bonds. The lowest BCUT2D eigenvalue weighted by Gasteiger charge is -2.42. The third-order valence-electron chi connectivity index (χ3n) is 5.84. The van der Waals surface area contributed by atoms with Crippen LogP contribution >= 0.6 is 24.0 Å². The van der Waals surface area contributed by atoms with E-state index in [2.05, 4.69) is 44.4 Å². The Morgan fingerprint density at radius 3 is 2.84 bits per heavy atom. The first-order valence-corrected chi connectivity index (χ1v) is 9.12. The first-order chi connectivity index (χ1) is 11.5. The van der Waals surface area contributed by atoms with Gasteiger partial charge in [-0.3, -0.25) is 14.7 Å². The zero-order valence-electron chi connectivity index (χ0n) is 15.8. The van der Waals surface area contributed by atoms with E-state index in [4.69, 9.17) is 0 Å². The number of likely N-dealkylation sites (tertiary alicyclic amines) is 1. The summed E-state index contributed by atoms with van der Waals surface area (Å²) in [6.45, 7) is 7.01. The van der Waals surface area contributed by atoms with E-state index in [0.717, 1.165) is 64.6 Å². The van der Waals surface area contributed by atoms with Gasteiger partial charge in [0, 0.05) is 70.7 Å². The first kappa shape index (κ1) is 20.7. The zero-order chi connectivity index (χ0) is 17.2. The molecule has 0 radical (unpaired) electrons. The highest BCUT2D eigenvalue weighted by Gasteiger charge is 2.42. The monoisotopic (exact) mass is 464 g/mol. The number of hydrogen-bond donors (Lipinski definition) is 2. The van der Waals surface area contributed by atoms with Gasteiger partial charge in [0.15, 0.2) is 5.96 Å². The second kappa shape index (κ2) is 8.85. The van der Waals surface area contributed by atoms with Gasteiger partial charge in [0.1, 0.15) is 0 Å². The Kier molecular flexibility index (Phi) is 7.33. The molecule has 3 saturated heterocycles. The molecule has 3 rings (SSSR count). The van der Waals surface area contributed by atoms with Gasteiger partial charge in [0.2, 0.25) is 5.91 Å². The predicted molar refractivity (Wildman–Crippen MR) is 112 cm³/mol. The van der Waals surface area contributed by atoms with Crippen molar-refractivity contribution in [3.8, 4) is 0 Å². The number of guanidine groups is 1. The Morgan fingerprint density at radius 1 is 1.36 bits per heavy atom. The van der Waals surface area contributed by atoms with Gasteiger partial charge in [0.25, 0.3) is 0 Å². The molecule has 2 unspecified atom stereocenters. The van der Waals surface area contributed by atoms with Crippen LogP contribution in [0.2, 0.25) is 0 Å². The molecule has 0 bridgehead atoms. The van der Waals surface area contributed by atoms with Crippen molar-refractivity contribution in [3.63, 3.8) is 0 Å². The highest BCUT2D eigenvalue weighted by Crippen LogP contribution is 2.35. The zero-order valence-corrected chi connectivity index (χ0v) is 18.1. The van der Waals surface area contributed by atoms with E-state index in [1.54, 1.807) is 0 Å². The maximum absolute atomic E-state index is 11.7. The first-order valence-electron chi connectivity index (χ1n) is 9.12. The Hall–Kier alpha value is -0.610. The van der Waals surface area contributed by atoms with E-state index in [-0.39, 0.29) is 35.3 Å². The average Bonchev–Trinajstić information content (AvgIpc) is 2.91. The molecule has 0 aromatic carbocycles. The SMILES string of the molecule is CN=C(NCC1CN(C)CCN1C)N1CCCC2(CNC(=O)C2)C1.I. The normalized spacial score (nSPS) is 31.8. The van der Waals surface area contributed by atoms with Crippen molar-refractivity contribution < 1.29 is 4.79 Å². The maximum Gasteiger partial charge on any atom is 0.220 e. The number of carbonyl (C=O) groups excluding carboxylic acids is 1. The van der Waals surface area contributed by atoms with Gasteiger partial charge in [-0.15, -0.1) is 24.0 Å². The molecule has 3 fully saturated rings. The van der Waals surface area contributed by atoms with Gasteiger partial charge in [0.05, 0.1) is 0 Å². The summed E-state index contributed by atoms with van der Waals surface area (Å²) in [5.74, 6) is 1.18. The van der Waals surface area contributed by atoms with E-state index < -0.39 is 0 Å². The number of amides is 1. The van der Waals surface area contributed by atoms with Crippen molar-refractivity contribution in [2.24, 2.45) is 10.4 Å². The smallest absolute Gasteiger partial charge is 0.220 e. The minimum absolute atomic E-state index is 0. The third-order valence-corrected chi connectivity index (χ3v) is 5.84. The molecule has 0 aliphatic carbocycles. The second-order valence-corrected chi connectivity index (χ2v) is 7.80. The van der Waals surface area contributed by atoms with Crippen LogP contribution in [-0.4, -0.2) is 99.6 Å². The number of likely N-dealkylation sites (N-methyl/N-ethyl adjacent to an activating group) is 2. The van der Waals surface area contributed by atoms with Crippen molar-refractivity contribution in [1.29, 1.82) is 0 Å². The summed E-state index contributed by atoms with van der Waals surface area (Å²) in [5.41, 5.74) is 0.106. The van der Waals surface area contributed by atoms with E-state index in [1.807, 2.05) is 7.05 Å². The Labute approximate surface area is 168 Å². The fourth-order valence-electron chi connectivity index (χ4n) is 4.29. The molecule has 2 N–H and O–H groups in total. The minimum Gasteiger partial charge on any atom is -0.355 e. The van der Waals surface area contributed by atoms with Gasteiger partial charge >= 0.3 is 0 Å². The lowest BCUT2D eigenvalue weighted by atomic mass is 9.79. The molecule has 1 spiro atoms. The van der Waals surface area contributed by atoms with Crippen LogP contribution in [0.4, 0.5) is 0 Å². The van der Waals surface area contributed by atoms with Crippen LogP contribution in [0, 0.1) is 5.41 Å². The van der Waals surface area contributed by atoms with E-state index in [1.165, 1.54) is 0 Å². The minimum atomic E-state index is 0. The molecule has 3 aliphatic rings. The predicted octanol–water partition coefficient (Wildman–Crippen LogP) is 0.0277. The second-order valence-electron chi connectivity index (χ2n) is 7.80. The Bertz CT molecular complexity index is 502. The number of nitrogens with zero attached hydrogens (tertiary/aromatic N) is 4. The van der Waals surface area contributed by atoms with Crippen LogP contribution in [0.25, 0.3) is 0 Å². The maximum atomic E-state index is 11.7. The lowest BCUT2D eigenvalue weighted by molar-refractivity contribution is -0.119. The van der Waals surface area contributed by atoms with Crippen molar-refractivity contribution in [1.82, 2.24) is 25.3 Å². The largest absolute Gasteiger partial charge is 0.355 e. The summed E-state index contributed by atoms with van der Waals surface area (Å²) in [5, 5.41) is 6.59. The number of carbonyl (C=O) groups is 1. The summed E-state index contributed by atoms with van der Waals surface area (Å²) in [6, 6.07) is 0.508. The molecule has 3 aliphatic heterocycles. The number of aliphatic imine (C=N–C) groups is 1. The van der Waals surface area contributed by atoms with Crippen molar-refractivity contribution >= 4 is 35.8 Å². The van der Waals surface area contributed by atoms with Gasteiger partial charge in [-0.2, -0.15) is 0 Å². The standard InChI is InChI=1S/C17H32N6O.HI/c1-18-16(19-10-14-11-21(2)7-8-22(14)3)23-6-4-5-17(13-23)9-15(24)20-12-17;/h14H,4-13H2,1-3H3,(H,18,19)(H,20,24);1H. The third kappa shape index (κ3) is 4.97. The van der Waals surface area contributed by atoms with Gasteiger partial charge in [-0.05, 0) is 26.9 Å². The molecule has 0 aromatic rings. The molecule has 8 heteroatoms. The molecule has 0 saturated carbocycles. The number of nitrogens with one attached hydrogen (secondary N) is 2.